The minimum atomic E-state index is 0.141. The van der Waals surface area contributed by atoms with E-state index in [2.05, 4.69) is 10.2 Å². The van der Waals surface area contributed by atoms with Crippen LogP contribution in [0.25, 0.3) is 0 Å². The van der Waals surface area contributed by atoms with Crippen molar-refractivity contribution in [1.29, 1.82) is 0 Å². The molecule has 2 fully saturated rings. The van der Waals surface area contributed by atoms with Gasteiger partial charge in [0.1, 0.15) is 0 Å². The van der Waals surface area contributed by atoms with Gasteiger partial charge in [0.2, 0.25) is 5.91 Å². The Morgan fingerprint density at radius 1 is 1.38 bits per heavy atom. The molecule has 0 unspecified atom stereocenters. The number of nitrogens with zero attached hydrogens (tertiary/aromatic N) is 1. The molecule has 16 heavy (non-hydrogen) atoms. The van der Waals surface area contributed by atoms with Gasteiger partial charge in [-0.25, -0.2) is 0 Å². The molecule has 0 aromatic heterocycles. The van der Waals surface area contributed by atoms with Crippen molar-refractivity contribution in [3.05, 3.63) is 0 Å². The van der Waals surface area contributed by atoms with Crippen LogP contribution in [0.3, 0.4) is 0 Å². The molecule has 1 amide bonds. The summed E-state index contributed by atoms with van der Waals surface area (Å²) in [6.45, 7) is 4.73. The standard InChI is InChI=1S/C11H21N3O2/c12-5-9-6-14(7-9)8-11(15)13-10-1-3-16-4-2-10/h9-10H,1-8,12H2,(H,13,15). The van der Waals surface area contributed by atoms with Gasteiger partial charge < -0.3 is 15.8 Å². The number of ether oxygens (including phenoxy) is 1. The van der Waals surface area contributed by atoms with Gasteiger partial charge in [-0.1, -0.05) is 0 Å². The number of hydrogen-bond donors (Lipinski definition) is 2. The summed E-state index contributed by atoms with van der Waals surface area (Å²) in [6.07, 6.45) is 1.88. The predicted octanol–water partition coefficient (Wildman–Crippen LogP) is -0.828. The van der Waals surface area contributed by atoms with Gasteiger partial charge in [0.15, 0.2) is 0 Å². The Labute approximate surface area is 96.3 Å². The Balaban J connectivity index is 1.61. The van der Waals surface area contributed by atoms with Gasteiger partial charge in [0.25, 0.3) is 0 Å². The topological polar surface area (TPSA) is 67.6 Å². The number of nitrogens with one attached hydrogen (secondary N) is 1. The van der Waals surface area contributed by atoms with Crippen molar-refractivity contribution in [2.24, 2.45) is 11.7 Å². The average Bonchev–Trinajstić information content (AvgIpc) is 2.24. The highest BCUT2D eigenvalue weighted by Crippen LogP contribution is 2.13. The molecule has 2 rings (SSSR count). The first-order valence-corrected chi connectivity index (χ1v) is 6.07. The maximum atomic E-state index is 11.7. The Kier molecular flexibility index (Phi) is 4.15. The molecule has 5 nitrogen and oxygen atoms in total. The molecule has 0 bridgehead atoms. The fourth-order valence-electron chi connectivity index (χ4n) is 2.27. The molecule has 0 atom stereocenters. The molecule has 2 aliphatic heterocycles. The first-order valence-electron chi connectivity index (χ1n) is 6.07. The summed E-state index contributed by atoms with van der Waals surface area (Å²) in [5.41, 5.74) is 5.54. The SMILES string of the molecule is NCC1CN(CC(=O)NC2CCOCC2)C1. The van der Waals surface area contributed by atoms with Gasteiger partial charge in [-0.15, -0.1) is 0 Å². The number of nitrogens with two attached hydrogens (primary N) is 1. The van der Waals surface area contributed by atoms with E-state index in [9.17, 15) is 4.79 Å². The number of hydrogen-bond acceptors (Lipinski definition) is 4. The zero-order valence-corrected chi connectivity index (χ0v) is 9.65. The summed E-state index contributed by atoms with van der Waals surface area (Å²) >= 11 is 0. The highest BCUT2D eigenvalue weighted by Gasteiger charge is 2.27. The van der Waals surface area contributed by atoms with E-state index in [1.54, 1.807) is 0 Å². The molecule has 0 spiro atoms. The van der Waals surface area contributed by atoms with Crippen LogP contribution in [0.5, 0.6) is 0 Å². The number of carbonyl (C=O) groups is 1. The largest absolute Gasteiger partial charge is 0.381 e. The highest BCUT2D eigenvalue weighted by molar-refractivity contribution is 5.78. The normalized spacial score (nSPS) is 24.1. The van der Waals surface area contributed by atoms with Gasteiger partial charge in [0, 0.05) is 32.3 Å². The molecule has 2 saturated heterocycles. The molecule has 0 saturated carbocycles. The molecule has 0 aromatic carbocycles. The molecule has 5 heteroatoms. The van der Waals surface area contributed by atoms with Crippen LogP contribution >= 0.6 is 0 Å². The van der Waals surface area contributed by atoms with Crippen LogP contribution in [0.15, 0.2) is 0 Å². The Morgan fingerprint density at radius 2 is 2.06 bits per heavy atom. The van der Waals surface area contributed by atoms with Gasteiger partial charge in [-0.2, -0.15) is 0 Å². The summed E-state index contributed by atoms with van der Waals surface area (Å²) in [4.78, 5) is 13.8. The summed E-state index contributed by atoms with van der Waals surface area (Å²) in [5.74, 6) is 0.734. The molecule has 0 aliphatic carbocycles. The van der Waals surface area contributed by atoms with E-state index in [4.69, 9.17) is 10.5 Å². The number of carbonyl (C=O) groups excluding carboxylic acids is 1. The summed E-state index contributed by atoms with van der Waals surface area (Å²) in [6, 6.07) is 0.313. The van der Waals surface area contributed by atoms with Crippen LogP contribution in [-0.2, 0) is 9.53 Å². The smallest absolute Gasteiger partial charge is 0.234 e. The van der Waals surface area contributed by atoms with Crippen LogP contribution in [0.4, 0.5) is 0 Å². The summed E-state index contributed by atoms with van der Waals surface area (Å²) in [5, 5.41) is 3.06. The second-order valence-corrected chi connectivity index (χ2v) is 4.75. The minimum Gasteiger partial charge on any atom is -0.381 e. The molecule has 0 aromatic rings. The van der Waals surface area contributed by atoms with Crippen molar-refractivity contribution in [2.75, 3.05) is 39.4 Å². The summed E-state index contributed by atoms with van der Waals surface area (Å²) in [7, 11) is 0. The third-order valence-electron chi connectivity index (χ3n) is 3.32. The lowest BCUT2D eigenvalue weighted by Gasteiger charge is -2.38. The monoisotopic (exact) mass is 227 g/mol. The lowest BCUT2D eigenvalue weighted by atomic mass is 10.0. The van der Waals surface area contributed by atoms with E-state index < -0.39 is 0 Å². The maximum absolute atomic E-state index is 11.7. The number of amides is 1. The molecule has 3 N–H and O–H groups in total. The van der Waals surface area contributed by atoms with Gasteiger partial charge in [0.05, 0.1) is 6.54 Å². The Morgan fingerprint density at radius 3 is 2.69 bits per heavy atom. The molecule has 2 aliphatic rings. The van der Waals surface area contributed by atoms with Crippen molar-refractivity contribution in [1.82, 2.24) is 10.2 Å². The molecular weight excluding hydrogens is 206 g/mol. The number of rotatable bonds is 4. The van der Waals surface area contributed by atoms with Crippen molar-refractivity contribution >= 4 is 5.91 Å². The zero-order valence-electron chi connectivity index (χ0n) is 9.65. The van der Waals surface area contributed by atoms with Crippen molar-refractivity contribution in [2.45, 2.75) is 18.9 Å². The third-order valence-corrected chi connectivity index (χ3v) is 3.32. The molecule has 0 radical (unpaired) electrons. The van der Waals surface area contributed by atoms with Crippen LogP contribution < -0.4 is 11.1 Å². The van der Waals surface area contributed by atoms with Gasteiger partial charge in [-0.3, -0.25) is 9.69 Å². The predicted molar refractivity (Wildman–Crippen MR) is 61.0 cm³/mol. The van der Waals surface area contributed by atoms with Crippen LogP contribution in [0.1, 0.15) is 12.8 Å². The Hall–Kier alpha value is -0.650. The third kappa shape index (κ3) is 3.17. The lowest BCUT2D eigenvalue weighted by molar-refractivity contribution is -0.125. The van der Waals surface area contributed by atoms with Crippen molar-refractivity contribution in [3.8, 4) is 0 Å². The van der Waals surface area contributed by atoms with E-state index in [0.717, 1.165) is 45.7 Å². The van der Waals surface area contributed by atoms with E-state index in [0.29, 0.717) is 18.5 Å². The Bertz CT molecular complexity index is 235. The van der Waals surface area contributed by atoms with Crippen molar-refractivity contribution in [3.63, 3.8) is 0 Å². The van der Waals surface area contributed by atoms with E-state index >= 15 is 0 Å². The highest BCUT2D eigenvalue weighted by atomic mass is 16.5. The zero-order chi connectivity index (χ0) is 11.4. The van der Waals surface area contributed by atoms with Crippen molar-refractivity contribution < 1.29 is 9.53 Å². The molecular formula is C11H21N3O2. The first kappa shape index (κ1) is 11.8. The molecule has 92 valence electrons. The maximum Gasteiger partial charge on any atom is 0.234 e. The average molecular weight is 227 g/mol. The fourth-order valence-corrected chi connectivity index (χ4v) is 2.27. The van der Waals surface area contributed by atoms with Gasteiger partial charge >= 0.3 is 0 Å². The quantitative estimate of drug-likeness (QED) is 0.658. The lowest BCUT2D eigenvalue weighted by Crippen LogP contribution is -2.54. The van der Waals surface area contributed by atoms with Gasteiger partial charge in [-0.05, 0) is 25.3 Å². The van der Waals surface area contributed by atoms with Crippen LogP contribution in [0.2, 0.25) is 0 Å². The van der Waals surface area contributed by atoms with E-state index in [-0.39, 0.29) is 5.91 Å². The minimum absolute atomic E-state index is 0.141. The second kappa shape index (κ2) is 5.61. The van der Waals surface area contributed by atoms with Crippen LogP contribution in [0, 0.1) is 5.92 Å². The van der Waals surface area contributed by atoms with E-state index in [1.807, 2.05) is 0 Å². The first-order chi connectivity index (χ1) is 7.78. The number of likely N-dealkylation sites (tertiary alicyclic amines) is 1. The summed E-state index contributed by atoms with van der Waals surface area (Å²) < 4.78 is 5.25. The second-order valence-electron chi connectivity index (χ2n) is 4.75. The fraction of sp³-hybridized carbons (Fsp3) is 0.909. The molecule has 2 heterocycles. The van der Waals surface area contributed by atoms with Crippen LogP contribution in [-0.4, -0.2) is 56.2 Å². The van der Waals surface area contributed by atoms with E-state index in [1.165, 1.54) is 0 Å².